The zero-order chi connectivity index (χ0) is 10.7. The second-order valence-electron chi connectivity index (χ2n) is 4.31. The van der Waals surface area contributed by atoms with E-state index in [2.05, 4.69) is 13.8 Å². The van der Waals surface area contributed by atoms with Gasteiger partial charge in [0.2, 0.25) is 0 Å². The Bertz CT molecular complexity index is 208. The first kappa shape index (κ1) is 11.5. The van der Waals surface area contributed by atoms with Crippen molar-refractivity contribution in [2.24, 2.45) is 11.7 Å². The first-order valence-corrected chi connectivity index (χ1v) is 5.24. The molecule has 0 aromatic rings. The molecule has 1 aliphatic heterocycles. The number of aliphatic carboxylic acids is 1. The Balaban J connectivity index is 2.62. The molecule has 0 aromatic heterocycles. The van der Waals surface area contributed by atoms with Crippen LogP contribution in [0.2, 0.25) is 0 Å². The Morgan fingerprint density at radius 1 is 1.64 bits per heavy atom. The lowest BCUT2D eigenvalue weighted by Gasteiger charge is -2.39. The van der Waals surface area contributed by atoms with Crippen molar-refractivity contribution in [3.63, 3.8) is 0 Å². The Labute approximate surface area is 85.1 Å². The summed E-state index contributed by atoms with van der Waals surface area (Å²) in [7, 11) is 0. The van der Waals surface area contributed by atoms with Gasteiger partial charge in [-0.25, -0.2) is 0 Å². The summed E-state index contributed by atoms with van der Waals surface area (Å²) in [6.45, 7) is 5.36. The summed E-state index contributed by atoms with van der Waals surface area (Å²) in [5.74, 6) is -0.0950. The van der Waals surface area contributed by atoms with Crippen LogP contribution in [0.5, 0.6) is 0 Å². The number of carboxylic acids is 1. The number of hydrogen-bond acceptors (Lipinski definition) is 3. The van der Waals surface area contributed by atoms with Crippen molar-refractivity contribution in [1.29, 1.82) is 0 Å². The predicted octanol–water partition coefficient (Wildman–Crippen LogP) is 0.519. The molecule has 1 rings (SSSR count). The van der Waals surface area contributed by atoms with E-state index in [-0.39, 0.29) is 6.54 Å². The van der Waals surface area contributed by atoms with Crippen LogP contribution >= 0.6 is 0 Å². The van der Waals surface area contributed by atoms with E-state index in [0.717, 1.165) is 19.4 Å². The minimum atomic E-state index is -0.797. The second kappa shape index (κ2) is 4.75. The molecule has 0 aromatic carbocycles. The third-order valence-electron chi connectivity index (χ3n) is 3.10. The van der Waals surface area contributed by atoms with E-state index in [1.807, 2.05) is 4.90 Å². The minimum Gasteiger partial charge on any atom is -0.480 e. The SMILES string of the molecule is CC1CCN(C(CN)C(=O)O)C(C)C1. The van der Waals surface area contributed by atoms with Crippen molar-refractivity contribution < 1.29 is 9.90 Å². The molecule has 0 radical (unpaired) electrons. The zero-order valence-electron chi connectivity index (χ0n) is 8.94. The molecule has 3 unspecified atom stereocenters. The van der Waals surface area contributed by atoms with Crippen LogP contribution in [-0.2, 0) is 4.79 Å². The maximum Gasteiger partial charge on any atom is 0.322 e. The number of carboxylic acid groups (broad SMARTS) is 1. The molecule has 4 heteroatoms. The number of piperidine rings is 1. The number of nitrogens with two attached hydrogens (primary N) is 1. The van der Waals surface area contributed by atoms with E-state index in [4.69, 9.17) is 10.8 Å². The average Bonchev–Trinajstić information content (AvgIpc) is 2.09. The summed E-state index contributed by atoms with van der Waals surface area (Å²) in [5.41, 5.74) is 5.48. The molecule has 1 aliphatic rings. The highest BCUT2D eigenvalue weighted by atomic mass is 16.4. The molecular formula is C10H20N2O2. The predicted molar refractivity (Wildman–Crippen MR) is 55.0 cm³/mol. The average molecular weight is 200 g/mol. The first-order valence-electron chi connectivity index (χ1n) is 5.24. The molecule has 0 spiro atoms. The maximum atomic E-state index is 10.9. The maximum absolute atomic E-state index is 10.9. The molecule has 4 nitrogen and oxygen atoms in total. The Kier molecular flexibility index (Phi) is 3.89. The summed E-state index contributed by atoms with van der Waals surface area (Å²) >= 11 is 0. The van der Waals surface area contributed by atoms with Crippen molar-refractivity contribution in [3.8, 4) is 0 Å². The third-order valence-corrected chi connectivity index (χ3v) is 3.10. The van der Waals surface area contributed by atoms with Crippen molar-refractivity contribution in [2.45, 2.75) is 38.8 Å². The minimum absolute atomic E-state index is 0.202. The molecule has 1 saturated heterocycles. The fourth-order valence-electron chi connectivity index (χ4n) is 2.27. The second-order valence-corrected chi connectivity index (χ2v) is 4.31. The van der Waals surface area contributed by atoms with Gasteiger partial charge in [-0.3, -0.25) is 9.69 Å². The quantitative estimate of drug-likeness (QED) is 0.697. The zero-order valence-corrected chi connectivity index (χ0v) is 8.94. The molecule has 14 heavy (non-hydrogen) atoms. The largest absolute Gasteiger partial charge is 0.480 e. The van der Waals surface area contributed by atoms with Crippen molar-refractivity contribution in [3.05, 3.63) is 0 Å². The summed E-state index contributed by atoms with van der Waals surface area (Å²) in [5, 5.41) is 8.99. The number of hydrogen-bond donors (Lipinski definition) is 2. The molecule has 0 saturated carbocycles. The number of likely N-dealkylation sites (tertiary alicyclic amines) is 1. The Morgan fingerprint density at radius 3 is 2.71 bits per heavy atom. The van der Waals surface area contributed by atoms with Crippen molar-refractivity contribution in [2.75, 3.05) is 13.1 Å². The Morgan fingerprint density at radius 2 is 2.29 bits per heavy atom. The summed E-state index contributed by atoms with van der Waals surface area (Å²) in [4.78, 5) is 13.0. The standard InChI is InChI=1S/C10H20N2O2/c1-7-3-4-12(8(2)5-7)9(6-11)10(13)14/h7-9H,3-6,11H2,1-2H3,(H,13,14). The van der Waals surface area contributed by atoms with Gasteiger partial charge in [0.05, 0.1) is 0 Å². The lowest BCUT2D eigenvalue weighted by molar-refractivity contribution is -0.144. The van der Waals surface area contributed by atoms with Crippen LogP contribution in [-0.4, -0.2) is 41.1 Å². The van der Waals surface area contributed by atoms with Crippen molar-refractivity contribution >= 4 is 5.97 Å². The van der Waals surface area contributed by atoms with Gasteiger partial charge in [0.15, 0.2) is 0 Å². The molecule has 0 aliphatic carbocycles. The van der Waals surface area contributed by atoms with Gasteiger partial charge in [0.25, 0.3) is 0 Å². The molecule has 3 N–H and O–H groups in total. The third kappa shape index (κ3) is 2.45. The van der Waals surface area contributed by atoms with E-state index in [9.17, 15) is 4.79 Å². The smallest absolute Gasteiger partial charge is 0.322 e. The van der Waals surface area contributed by atoms with E-state index in [1.54, 1.807) is 0 Å². The molecule has 82 valence electrons. The molecule has 1 heterocycles. The summed E-state index contributed by atoms with van der Waals surface area (Å²) in [6.07, 6.45) is 2.15. The van der Waals surface area contributed by atoms with Gasteiger partial charge in [0.1, 0.15) is 6.04 Å². The van der Waals surface area contributed by atoms with Gasteiger partial charge in [-0.15, -0.1) is 0 Å². The van der Waals surface area contributed by atoms with Crippen LogP contribution in [0.25, 0.3) is 0 Å². The van der Waals surface area contributed by atoms with Crippen molar-refractivity contribution in [1.82, 2.24) is 4.90 Å². The summed E-state index contributed by atoms with van der Waals surface area (Å²) in [6, 6.07) is -0.166. The summed E-state index contributed by atoms with van der Waals surface area (Å²) < 4.78 is 0. The highest BCUT2D eigenvalue weighted by molar-refractivity contribution is 5.73. The van der Waals surface area contributed by atoms with Gasteiger partial charge in [0, 0.05) is 12.6 Å². The molecule has 3 atom stereocenters. The van der Waals surface area contributed by atoms with E-state index >= 15 is 0 Å². The van der Waals surface area contributed by atoms with E-state index in [0.29, 0.717) is 12.0 Å². The Hall–Kier alpha value is -0.610. The normalized spacial score (nSPS) is 31.4. The molecule has 0 amide bonds. The number of rotatable bonds is 3. The first-order chi connectivity index (χ1) is 6.56. The number of carbonyl (C=O) groups is 1. The number of nitrogens with zero attached hydrogens (tertiary/aromatic N) is 1. The van der Waals surface area contributed by atoms with Gasteiger partial charge in [-0.05, 0) is 32.2 Å². The van der Waals surface area contributed by atoms with Gasteiger partial charge < -0.3 is 10.8 Å². The van der Waals surface area contributed by atoms with Crippen LogP contribution < -0.4 is 5.73 Å². The fourth-order valence-corrected chi connectivity index (χ4v) is 2.27. The van der Waals surface area contributed by atoms with Crippen LogP contribution in [0.3, 0.4) is 0 Å². The van der Waals surface area contributed by atoms with Crippen LogP contribution in [0.4, 0.5) is 0 Å². The van der Waals surface area contributed by atoms with Gasteiger partial charge >= 0.3 is 5.97 Å². The molecular weight excluding hydrogens is 180 g/mol. The van der Waals surface area contributed by atoms with Crippen LogP contribution in [0.15, 0.2) is 0 Å². The monoisotopic (exact) mass is 200 g/mol. The lowest BCUT2D eigenvalue weighted by atomic mass is 9.92. The highest BCUT2D eigenvalue weighted by Crippen LogP contribution is 2.23. The van der Waals surface area contributed by atoms with E-state index in [1.165, 1.54) is 0 Å². The molecule has 0 bridgehead atoms. The topological polar surface area (TPSA) is 66.6 Å². The van der Waals surface area contributed by atoms with Crippen LogP contribution in [0, 0.1) is 5.92 Å². The van der Waals surface area contributed by atoms with E-state index < -0.39 is 12.0 Å². The van der Waals surface area contributed by atoms with Gasteiger partial charge in [-0.2, -0.15) is 0 Å². The molecule has 1 fully saturated rings. The fraction of sp³-hybridized carbons (Fsp3) is 0.900. The lowest BCUT2D eigenvalue weighted by Crippen LogP contribution is -2.53. The highest BCUT2D eigenvalue weighted by Gasteiger charge is 2.31. The van der Waals surface area contributed by atoms with Gasteiger partial charge in [-0.1, -0.05) is 6.92 Å². The van der Waals surface area contributed by atoms with Crippen LogP contribution in [0.1, 0.15) is 26.7 Å².